The Morgan fingerprint density at radius 3 is 2.71 bits per heavy atom. The number of hydrogen-bond donors (Lipinski definition) is 0. The fourth-order valence-corrected chi connectivity index (χ4v) is 2.45. The van der Waals surface area contributed by atoms with E-state index in [0.29, 0.717) is 0 Å². The Morgan fingerprint density at radius 2 is 2.14 bits per heavy atom. The maximum Gasteiger partial charge on any atom is 0.418 e. The molecule has 0 saturated carbocycles. The second-order valence-electron chi connectivity index (χ2n) is 3.85. The molecule has 1 aromatic rings. The van der Waals surface area contributed by atoms with Crippen LogP contribution in [0, 0.1) is 0 Å². The number of alkyl halides is 5. The van der Waals surface area contributed by atoms with Crippen molar-refractivity contribution in [2.75, 3.05) is 7.11 Å². The number of esters is 1. The number of aromatic nitrogens is 1. The molecule has 0 bridgehead atoms. The topological polar surface area (TPSA) is 63.9 Å². The summed E-state index contributed by atoms with van der Waals surface area (Å²) >= 11 is 7.56. The Hall–Kier alpha value is -1.23. The molecule has 0 aromatic carbocycles. The van der Waals surface area contributed by atoms with Crippen LogP contribution in [0.2, 0.25) is 0 Å². The molecule has 112 valence electrons. The first-order valence-corrected chi connectivity index (χ1v) is 6.80. The molecule has 1 atom stereocenters. The van der Waals surface area contributed by atoms with Crippen molar-refractivity contribution in [2.45, 2.75) is 9.18 Å². The van der Waals surface area contributed by atoms with Crippen LogP contribution in [0.3, 0.4) is 0 Å². The zero-order valence-corrected chi connectivity index (χ0v) is 13.2. The summed E-state index contributed by atoms with van der Waals surface area (Å²) in [4.78, 5) is 15.4. The molecule has 0 N–H and O–H groups in total. The lowest BCUT2D eigenvalue weighted by molar-refractivity contribution is -0.138. The number of carbonyl (C=O) groups is 1. The summed E-state index contributed by atoms with van der Waals surface area (Å²) in [5, 5.41) is 7.18. The highest BCUT2D eigenvalue weighted by molar-refractivity contribution is 14.1. The molecule has 1 aliphatic heterocycles. The largest absolute Gasteiger partial charge is 0.465 e. The van der Waals surface area contributed by atoms with E-state index in [4.69, 9.17) is 11.6 Å². The first kappa shape index (κ1) is 16.1. The molecule has 0 saturated heterocycles. The van der Waals surface area contributed by atoms with Crippen molar-refractivity contribution in [3.05, 3.63) is 35.2 Å². The van der Waals surface area contributed by atoms with Crippen molar-refractivity contribution < 1.29 is 22.7 Å². The molecule has 1 aromatic heterocycles. The van der Waals surface area contributed by atoms with E-state index in [1.807, 2.05) is 0 Å². The van der Waals surface area contributed by atoms with Gasteiger partial charge in [-0.2, -0.15) is 13.2 Å². The predicted octanol–water partition coefficient (Wildman–Crippen LogP) is 3.78. The lowest BCUT2D eigenvalue weighted by atomic mass is 10.1. The van der Waals surface area contributed by atoms with Gasteiger partial charge in [-0.1, -0.05) is 11.6 Å². The van der Waals surface area contributed by atoms with E-state index in [-0.39, 0.29) is 11.3 Å². The van der Waals surface area contributed by atoms with Crippen LogP contribution in [0.25, 0.3) is 5.70 Å². The van der Waals surface area contributed by atoms with E-state index in [2.05, 4.69) is 19.9 Å². The van der Waals surface area contributed by atoms with Gasteiger partial charge in [0.1, 0.15) is 17.0 Å². The van der Waals surface area contributed by atoms with E-state index in [9.17, 15) is 18.0 Å². The van der Waals surface area contributed by atoms with Crippen LogP contribution in [0.1, 0.15) is 11.3 Å². The second kappa shape index (κ2) is 5.52. The number of halogens is 5. The van der Waals surface area contributed by atoms with Gasteiger partial charge >= 0.3 is 12.1 Å². The average Bonchev–Trinajstić information content (AvgIpc) is 2.72. The Balaban J connectivity index is 2.71. The highest BCUT2D eigenvalue weighted by atomic mass is 127. The molecule has 21 heavy (non-hydrogen) atoms. The predicted molar refractivity (Wildman–Crippen MR) is 75.6 cm³/mol. The second-order valence-corrected chi connectivity index (χ2v) is 6.60. The molecule has 2 rings (SSSR count). The van der Waals surface area contributed by atoms with Crippen molar-refractivity contribution in [2.24, 2.45) is 10.2 Å². The van der Waals surface area contributed by atoms with Crippen LogP contribution in [0.15, 0.2) is 34.1 Å². The summed E-state index contributed by atoms with van der Waals surface area (Å²) in [6.45, 7) is 0. The number of hydrogen-bond acceptors (Lipinski definition) is 5. The van der Waals surface area contributed by atoms with Crippen LogP contribution in [0.5, 0.6) is 0 Å². The zero-order chi connectivity index (χ0) is 15.8. The van der Waals surface area contributed by atoms with E-state index in [0.717, 1.165) is 25.4 Å². The van der Waals surface area contributed by atoms with Gasteiger partial charge in [-0.15, -0.1) is 10.2 Å². The third kappa shape index (κ3) is 3.03. The number of carbonyl (C=O) groups excluding carboxylic acids is 1. The fraction of sp³-hybridized carbons (Fsp3) is 0.273. The highest BCUT2D eigenvalue weighted by Crippen LogP contribution is 2.47. The minimum atomic E-state index is -4.66. The highest BCUT2D eigenvalue weighted by Gasteiger charge is 2.45. The van der Waals surface area contributed by atoms with Crippen molar-refractivity contribution in [3.8, 4) is 0 Å². The van der Waals surface area contributed by atoms with Gasteiger partial charge in [0.25, 0.3) is 0 Å². The van der Waals surface area contributed by atoms with Crippen molar-refractivity contribution in [3.63, 3.8) is 0 Å². The molecule has 5 nitrogen and oxygen atoms in total. The molecule has 0 aliphatic carbocycles. The molecule has 0 amide bonds. The Morgan fingerprint density at radius 1 is 1.48 bits per heavy atom. The SMILES string of the molecule is COC(=O)C1=C(c2ncccc2C(F)(F)F)N=NC1(Cl)I. The number of pyridine rings is 1. The first-order chi connectivity index (χ1) is 9.68. The normalized spacial score (nSPS) is 21.8. The molecule has 0 spiro atoms. The lowest BCUT2D eigenvalue weighted by Gasteiger charge is -2.14. The van der Waals surface area contributed by atoms with Crippen molar-refractivity contribution in [1.29, 1.82) is 0 Å². The van der Waals surface area contributed by atoms with E-state index in [1.54, 1.807) is 22.6 Å². The summed E-state index contributed by atoms with van der Waals surface area (Å²) in [6, 6.07) is 1.97. The minimum absolute atomic E-state index is 0.295. The van der Waals surface area contributed by atoms with Crippen LogP contribution in [0.4, 0.5) is 13.2 Å². The molecule has 0 radical (unpaired) electrons. The van der Waals surface area contributed by atoms with Crippen molar-refractivity contribution in [1.82, 2.24) is 4.98 Å². The molecule has 10 heteroatoms. The van der Waals surface area contributed by atoms with Crippen LogP contribution < -0.4 is 0 Å². The molecular weight excluding hydrogens is 425 g/mol. The third-order valence-corrected chi connectivity index (χ3v) is 3.56. The molecule has 0 fully saturated rings. The maximum atomic E-state index is 13.0. The molecule has 1 aliphatic rings. The van der Waals surface area contributed by atoms with Crippen LogP contribution in [-0.2, 0) is 15.7 Å². The van der Waals surface area contributed by atoms with E-state index < -0.39 is 26.4 Å². The summed E-state index contributed by atoms with van der Waals surface area (Å²) in [7, 11) is 1.08. The van der Waals surface area contributed by atoms with Gasteiger partial charge in [0.2, 0.25) is 3.00 Å². The van der Waals surface area contributed by atoms with Gasteiger partial charge in [0.15, 0.2) is 0 Å². The zero-order valence-electron chi connectivity index (χ0n) is 10.3. The molecular formula is C11H6ClF3IN3O2. The van der Waals surface area contributed by atoms with Gasteiger partial charge in [0.05, 0.1) is 12.7 Å². The number of rotatable bonds is 2. The quantitative estimate of drug-likeness (QED) is 0.310. The number of ether oxygens (including phenoxy) is 1. The summed E-state index contributed by atoms with van der Waals surface area (Å²) in [6.07, 6.45) is -3.50. The smallest absolute Gasteiger partial charge is 0.418 e. The standard InChI is InChI=1S/C11H6ClF3IN3O2/c1-21-9(20)6-8(18-19-10(6,12)16)7-5(11(13,14)15)3-2-4-17-7/h2-4H,1H3. The molecule has 2 heterocycles. The summed E-state index contributed by atoms with van der Waals surface area (Å²) in [5.74, 6) is -0.918. The van der Waals surface area contributed by atoms with E-state index in [1.165, 1.54) is 0 Å². The van der Waals surface area contributed by atoms with Gasteiger partial charge in [-0.3, -0.25) is 4.98 Å². The Bertz CT molecular complexity index is 658. The van der Waals surface area contributed by atoms with Gasteiger partial charge in [-0.25, -0.2) is 4.79 Å². The van der Waals surface area contributed by atoms with Crippen LogP contribution in [-0.4, -0.2) is 21.1 Å². The average molecular weight is 432 g/mol. The number of methoxy groups -OCH3 is 1. The third-order valence-electron chi connectivity index (χ3n) is 2.54. The molecule has 1 unspecified atom stereocenters. The minimum Gasteiger partial charge on any atom is -0.465 e. The maximum absolute atomic E-state index is 13.0. The fourth-order valence-electron chi connectivity index (χ4n) is 1.67. The van der Waals surface area contributed by atoms with Crippen molar-refractivity contribution >= 4 is 45.9 Å². The van der Waals surface area contributed by atoms with Gasteiger partial charge in [0, 0.05) is 6.20 Å². The van der Waals surface area contributed by atoms with Gasteiger partial charge in [-0.05, 0) is 34.7 Å². The summed E-state index contributed by atoms with van der Waals surface area (Å²) in [5.41, 5.74) is -2.20. The first-order valence-electron chi connectivity index (χ1n) is 5.35. The number of nitrogens with zero attached hydrogens (tertiary/aromatic N) is 3. The summed E-state index contributed by atoms with van der Waals surface area (Å²) < 4.78 is 42.0. The Labute approximate surface area is 135 Å². The Kier molecular flexibility index (Phi) is 4.24. The number of azo groups is 1. The monoisotopic (exact) mass is 431 g/mol. The lowest BCUT2D eigenvalue weighted by Crippen LogP contribution is -2.20. The van der Waals surface area contributed by atoms with Crippen LogP contribution >= 0.6 is 34.2 Å². The van der Waals surface area contributed by atoms with E-state index >= 15 is 0 Å². The van der Waals surface area contributed by atoms with Gasteiger partial charge < -0.3 is 4.74 Å².